The van der Waals surface area contributed by atoms with Crippen LogP contribution in [0.25, 0.3) is 12.2 Å². The van der Waals surface area contributed by atoms with Gasteiger partial charge in [-0.1, -0.05) is 31.2 Å². The van der Waals surface area contributed by atoms with Crippen LogP contribution in [0.1, 0.15) is 30.9 Å². The van der Waals surface area contributed by atoms with E-state index in [-0.39, 0.29) is 5.78 Å². The number of benzene rings is 2. The van der Waals surface area contributed by atoms with E-state index in [1.165, 1.54) is 0 Å². The Morgan fingerprint density at radius 2 is 1.15 bits per heavy atom. The number of hydrogen-bond donors (Lipinski definition) is 0. The summed E-state index contributed by atoms with van der Waals surface area (Å²) >= 11 is 0. The lowest BCUT2D eigenvalue weighted by atomic mass is 9.81. The molecule has 2 aromatic carbocycles. The van der Waals surface area contributed by atoms with E-state index in [9.17, 15) is 4.79 Å². The zero-order chi connectivity index (χ0) is 18.5. The molecule has 1 saturated carbocycles. The van der Waals surface area contributed by atoms with Crippen LogP contribution in [-0.4, -0.2) is 20.0 Å². The Kier molecular flexibility index (Phi) is 5.57. The number of Topliss-reactive ketones (excluding diaryl/α,β-unsaturated/α-hetero) is 1. The predicted octanol–water partition coefficient (Wildman–Crippen LogP) is 5.17. The monoisotopic (exact) mass is 348 g/mol. The summed E-state index contributed by atoms with van der Waals surface area (Å²) in [5.41, 5.74) is 3.78. The maximum atomic E-state index is 12.9. The van der Waals surface area contributed by atoms with Crippen molar-refractivity contribution in [1.29, 1.82) is 0 Å². The summed E-state index contributed by atoms with van der Waals surface area (Å²) < 4.78 is 10.4. The number of rotatable bonds is 4. The van der Waals surface area contributed by atoms with Crippen molar-refractivity contribution in [3.05, 3.63) is 70.8 Å². The number of ether oxygens (including phenoxy) is 2. The summed E-state index contributed by atoms with van der Waals surface area (Å²) in [6.07, 6.45) is 5.62. The van der Waals surface area contributed by atoms with Gasteiger partial charge in [-0.05, 0) is 66.3 Å². The summed E-state index contributed by atoms with van der Waals surface area (Å²) in [4.78, 5) is 12.9. The fraction of sp³-hybridized carbons (Fsp3) is 0.261. The normalized spacial score (nSPS) is 20.4. The van der Waals surface area contributed by atoms with Gasteiger partial charge < -0.3 is 9.47 Å². The van der Waals surface area contributed by atoms with Crippen LogP contribution < -0.4 is 9.47 Å². The molecular weight excluding hydrogens is 324 g/mol. The Hall–Kier alpha value is -2.81. The Morgan fingerprint density at radius 3 is 1.50 bits per heavy atom. The summed E-state index contributed by atoms with van der Waals surface area (Å²) in [5.74, 6) is 2.22. The molecule has 1 aliphatic carbocycles. The summed E-state index contributed by atoms with van der Waals surface area (Å²) in [7, 11) is 3.30. The molecular formula is C23H24O3. The largest absolute Gasteiger partial charge is 0.497 e. The SMILES string of the molecule is COc1ccc(/C=C2/CC(C)C/C(=C/c3ccc(OC)cc3)C2=O)cc1. The lowest BCUT2D eigenvalue weighted by Gasteiger charge is -2.22. The molecule has 26 heavy (non-hydrogen) atoms. The number of carbonyl (C=O) groups is 1. The molecule has 134 valence electrons. The molecule has 3 nitrogen and oxygen atoms in total. The molecule has 0 amide bonds. The molecule has 0 aliphatic heterocycles. The smallest absolute Gasteiger partial charge is 0.185 e. The summed E-state index contributed by atoms with van der Waals surface area (Å²) in [6.45, 7) is 2.19. The van der Waals surface area contributed by atoms with Gasteiger partial charge in [0.25, 0.3) is 0 Å². The van der Waals surface area contributed by atoms with E-state index in [0.717, 1.165) is 46.6 Å². The third-order valence-electron chi connectivity index (χ3n) is 4.63. The standard InChI is InChI=1S/C23H24O3/c1-16-12-19(14-17-4-8-21(25-2)9-5-17)23(24)20(13-16)15-18-6-10-22(26-3)11-7-18/h4-11,14-16H,12-13H2,1-3H3/b19-14-,20-15-. The van der Waals surface area contributed by atoms with Gasteiger partial charge in [0.2, 0.25) is 0 Å². The molecule has 1 aliphatic rings. The second-order valence-electron chi connectivity index (χ2n) is 6.73. The quantitative estimate of drug-likeness (QED) is 0.715. The molecule has 1 fully saturated rings. The lowest BCUT2D eigenvalue weighted by Crippen LogP contribution is -2.18. The van der Waals surface area contributed by atoms with Crippen molar-refractivity contribution >= 4 is 17.9 Å². The second-order valence-corrected chi connectivity index (χ2v) is 6.73. The lowest BCUT2D eigenvalue weighted by molar-refractivity contribution is -0.113. The molecule has 0 bridgehead atoms. The van der Waals surface area contributed by atoms with Crippen LogP contribution in [0.5, 0.6) is 11.5 Å². The highest BCUT2D eigenvalue weighted by molar-refractivity contribution is 6.14. The minimum atomic E-state index is 0.148. The van der Waals surface area contributed by atoms with Crippen molar-refractivity contribution in [1.82, 2.24) is 0 Å². The van der Waals surface area contributed by atoms with Crippen molar-refractivity contribution in [3.8, 4) is 11.5 Å². The first-order valence-electron chi connectivity index (χ1n) is 8.83. The van der Waals surface area contributed by atoms with Crippen LogP contribution >= 0.6 is 0 Å². The van der Waals surface area contributed by atoms with Gasteiger partial charge in [-0.2, -0.15) is 0 Å². The van der Waals surface area contributed by atoms with Crippen LogP contribution in [0, 0.1) is 5.92 Å². The van der Waals surface area contributed by atoms with Crippen LogP contribution in [0.2, 0.25) is 0 Å². The van der Waals surface area contributed by atoms with Gasteiger partial charge in [0.15, 0.2) is 5.78 Å². The molecule has 0 heterocycles. The van der Waals surface area contributed by atoms with E-state index in [4.69, 9.17) is 9.47 Å². The van der Waals surface area contributed by atoms with E-state index in [2.05, 4.69) is 6.92 Å². The van der Waals surface area contributed by atoms with Crippen molar-refractivity contribution < 1.29 is 14.3 Å². The Bertz CT molecular complexity index is 757. The van der Waals surface area contributed by atoms with Crippen LogP contribution in [0.3, 0.4) is 0 Å². The van der Waals surface area contributed by atoms with Crippen molar-refractivity contribution in [2.75, 3.05) is 14.2 Å². The van der Waals surface area contributed by atoms with Gasteiger partial charge in [0, 0.05) is 11.1 Å². The van der Waals surface area contributed by atoms with Gasteiger partial charge in [-0.15, -0.1) is 0 Å². The molecule has 0 N–H and O–H groups in total. The Labute approximate surface area is 155 Å². The molecule has 0 spiro atoms. The Balaban J connectivity index is 1.86. The van der Waals surface area contributed by atoms with E-state index in [0.29, 0.717) is 5.92 Å². The fourth-order valence-electron chi connectivity index (χ4n) is 3.27. The van der Waals surface area contributed by atoms with E-state index in [1.54, 1.807) is 14.2 Å². The predicted molar refractivity (Wildman–Crippen MR) is 105 cm³/mol. The molecule has 3 rings (SSSR count). The number of carbonyl (C=O) groups excluding carboxylic acids is 1. The number of hydrogen-bond acceptors (Lipinski definition) is 3. The van der Waals surface area contributed by atoms with Gasteiger partial charge in [-0.25, -0.2) is 0 Å². The average Bonchev–Trinajstić information content (AvgIpc) is 2.66. The molecule has 0 atom stereocenters. The number of allylic oxidation sites excluding steroid dienone is 2. The molecule has 2 aromatic rings. The first-order chi connectivity index (χ1) is 12.6. The molecule has 0 unspecified atom stereocenters. The first kappa shape index (κ1) is 18.0. The van der Waals surface area contributed by atoms with Crippen LogP contribution in [0.4, 0.5) is 0 Å². The minimum Gasteiger partial charge on any atom is -0.497 e. The number of ketones is 1. The van der Waals surface area contributed by atoms with Gasteiger partial charge in [0.05, 0.1) is 14.2 Å². The topological polar surface area (TPSA) is 35.5 Å². The Morgan fingerprint density at radius 1 is 0.769 bits per heavy atom. The van der Waals surface area contributed by atoms with E-state index in [1.807, 2.05) is 60.7 Å². The van der Waals surface area contributed by atoms with Crippen LogP contribution in [-0.2, 0) is 4.79 Å². The number of methoxy groups -OCH3 is 2. The maximum absolute atomic E-state index is 12.9. The molecule has 0 radical (unpaired) electrons. The first-order valence-corrected chi connectivity index (χ1v) is 8.83. The van der Waals surface area contributed by atoms with Crippen molar-refractivity contribution in [3.63, 3.8) is 0 Å². The fourth-order valence-corrected chi connectivity index (χ4v) is 3.27. The summed E-state index contributed by atoms with van der Waals surface area (Å²) in [6, 6.07) is 15.6. The zero-order valence-corrected chi connectivity index (χ0v) is 15.5. The van der Waals surface area contributed by atoms with Gasteiger partial charge >= 0.3 is 0 Å². The van der Waals surface area contributed by atoms with Crippen molar-refractivity contribution in [2.24, 2.45) is 5.92 Å². The van der Waals surface area contributed by atoms with E-state index < -0.39 is 0 Å². The highest BCUT2D eigenvalue weighted by atomic mass is 16.5. The highest BCUT2D eigenvalue weighted by Crippen LogP contribution is 2.32. The zero-order valence-electron chi connectivity index (χ0n) is 15.5. The minimum absolute atomic E-state index is 0.148. The molecule has 0 aromatic heterocycles. The van der Waals surface area contributed by atoms with Crippen LogP contribution in [0.15, 0.2) is 59.7 Å². The van der Waals surface area contributed by atoms with E-state index >= 15 is 0 Å². The average molecular weight is 348 g/mol. The van der Waals surface area contributed by atoms with Gasteiger partial charge in [0.1, 0.15) is 11.5 Å². The third kappa shape index (κ3) is 4.23. The van der Waals surface area contributed by atoms with Gasteiger partial charge in [-0.3, -0.25) is 4.79 Å². The summed E-state index contributed by atoms with van der Waals surface area (Å²) in [5, 5.41) is 0. The third-order valence-corrected chi connectivity index (χ3v) is 4.63. The second kappa shape index (κ2) is 8.05. The molecule has 3 heteroatoms. The highest BCUT2D eigenvalue weighted by Gasteiger charge is 2.25. The van der Waals surface area contributed by atoms with Crippen molar-refractivity contribution in [2.45, 2.75) is 19.8 Å². The molecule has 0 saturated heterocycles. The maximum Gasteiger partial charge on any atom is 0.185 e.